The lowest BCUT2D eigenvalue weighted by atomic mass is 9.94. The number of halogens is 6. The summed E-state index contributed by atoms with van der Waals surface area (Å²) in [6, 6.07) is 38.4. The lowest BCUT2D eigenvalue weighted by Gasteiger charge is -2.14. The SMILES string of the molecule is FC(F)(F)c1cc(-c2ccc(-c3ccc4ccc(-c5ccc(-c6cccc7c6oc6ncccc67)cc5)cc4c3)cc2)cc(C(F)(F)F)c1. The summed E-state index contributed by atoms with van der Waals surface area (Å²) >= 11 is 0. The Labute approximate surface area is 275 Å². The Bertz CT molecular complexity index is 2480. The van der Waals surface area contributed by atoms with Gasteiger partial charge in [0.05, 0.1) is 11.1 Å². The topological polar surface area (TPSA) is 26.0 Å². The van der Waals surface area contributed by atoms with Gasteiger partial charge >= 0.3 is 12.4 Å². The van der Waals surface area contributed by atoms with Crippen molar-refractivity contribution in [1.82, 2.24) is 4.98 Å². The van der Waals surface area contributed by atoms with Crippen molar-refractivity contribution < 1.29 is 30.8 Å². The molecule has 2 aromatic heterocycles. The van der Waals surface area contributed by atoms with E-state index < -0.39 is 23.5 Å². The molecule has 6 aromatic carbocycles. The Kier molecular flexibility index (Phi) is 7.07. The standard InChI is InChI=1S/C41H23F6NO/c42-40(43,44)33-21-32(22-34(23-33)41(45,46)47)27-8-6-24(7-9-27)29-16-12-26-13-17-30(20-31(26)19-29)25-10-14-28(15-11-25)35-3-1-4-36-37-5-2-18-48-39(37)49-38(35)36/h1-23H. The fraction of sp³-hybridized carbons (Fsp3) is 0.0488. The van der Waals surface area contributed by atoms with Crippen molar-refractivity contribution in [3.63, 3.8) is 0 Å². The van der Waals surface area contributed by atoms with E-state index in [2.05, 4.69) is 41.4 Å². The van der Waals surface area contributed by atoms with E-state index in [9.17, 15) is 26.3 Å². The highest BCUT2D eigenvalue weighted by Gasteiger charge is 2.37. The van der Waals surface area contributed by atoms with Gasteiger partial charge in [0.15, 0.2) is 0 Å². The summed E-state index contributed by atoms with van der Waals surface area (Å²) in [4.78, 5) is 4.36. The number of hydrogen-bond donors (Lipinski definition) is 0. The molecule has 0 spiro atoms. The van der Waals surface area contributed by atoms with Crippen LogP contribution in [0.25, 0.3) is 77.3 Å². The first-order chi connectivity index (χ1) is 23.5. The van der Waals surface area contributed by atoms with Crippen LogP contribution in [0.3, 0.4) is 0 Å². The van der Waals surface area contributed by atoms with E-state index >= 15 is 0 Å². The number of rotatable bonds is 4. The van der Waals surface area contributed by atoms with Crippen LogP contribution in [0.2, 0.25) is 0 Å². The number of aromatic nitrogens is 1. The largest absolute Gasteiger partial charge is 0.437 e. The average molecular weight is 660 g/mol. The van der Waals surface area contributed by atoms with Crippen LogP contribution >= 0.6 is 0 Å². The molecule has 0 N–H and O–H groups in total. The van der Waals surface area contributed by atoms with Crippen molar-refractivity contribution in [3.8, 4) is 44.5 Å². The van der Waals surface area contributed by atoms with E-state index in [1.807, 2.05) is 54.6 Å². The predicted molar refractivity (Wildman–Crippen MR) is 181 cm³/mol. The molecule has 0 atom stereocenters. The molecule has 0 unspecified atom stereocenters. The Morgan fingerprint density at radius 1 is 0.429 bits per heavy atom. The molecule has 2 nitrogen and oxygen atoms in total. The zero-order valence-electron chi connectivity index (χ0n) is 25.4. The Balaban J connectivity index is 1.09. The summed E-state index contributed by atoms with van der Waals surface area (Å²) < 4.78 is 86.5. The van der Waals surface area contributed by atoms with Gasteiger partial charge in [0.25, 0.3) is 0 Å². The van der Waals surface area contributed by atoms with Crippen molar-refractivity contribution in [2.75, 3.05) is 0 Å². The van der Waals surface area contributed by atoms with Gasteiger partial charge in [0, 0.05) is 22.5 Å². The van der Waals surface area contributed by atoms with E-state index in [4.69, 9.17) is 4.42 Å². The minimum Gasteiger partial charge on any atom is -0.437 e. The molecular weight excluding hydrogens is 636 g/mol. The Morgan fingerprint density at radius 2 is 0.939 bits per heavy atom. The lowest BCUT2D eigenvalue weighted by Crippen LogP contribution is -2.11. The predicted octanol–water partition coefficient (Wildman–Crippen LogP) is 12.8. The van der Waals surface area contributed by atoms with E-state index in [0.717, 1.165) is 72.6 Å². The maximum Gasteiger partial charge on any atom is 0.416 e. The van der Waals surface area contributed by atoms with Crippen LogP contribution in [0.5, 0.6) is 0 Å². The zero-order valence-corrected chi connectivity index (χ0v) is 25.4. The first-order valence-electron chi connectivity index (χ1n) is 15.3. The molecule has 240 valence electrons. The quantitative estimate of drug-likeness (QED) is 0.176. The molecule has 2 heterocycles. The van der Waals surface area contributed by atoms with E-state index in [0.29, 0.717) is 5.71 Å². The summed E-state index contributed by atoms with van der Waals surface area (Å²) in [6.07, 6.45) is -8.11. The first kappa shape index (κ1) is 30.4. The van der Waals surface area contributed by atoms with Crippen molar-refractivity contribution in [3.05, 3.63) is 151 Å². The zero-order chi connectivity index (χ0) is 33.9. The van der Waals surface area contributed by atoms with Gasteiger partial charge in [-0.3, -0.25) is 0 Å². The molecule has 0 bridgehead atoms. The van der Waals surface area contributed by atoms with Gasteiger partial charge in [-0.1, -0.05) is 91.0 Å². The molecule has 0 aliphatic heterocycles. The third-order valence-electron chi connectivity index (χ3n) is 8.78. The van der Waals surface area contributed by atoms with Gasteiger partial charge in [-0.2, -0.15) is 26.3 Å². The Morgan fingerprint density at radius 3 is 1.51 bits per heavy atom. The number of furan rings is 1. The van der Waals surface area contributed by atoms with Crippen LogP contribution in [-0.4, -0.2) is 4.98 Å². The van der Waals surface area contributed by atoms with Crippen molar-refractivity contribution >= 4 is 32.8 Å². The maximum atomic E-state index is 13.4. The number of fused-ring (bicyclic) bond motifs is 4. The number of para-hydroxylation sites is 1. The fourth-order valence-electron chi connectivity index (χ4n) is 6.29. The van der Waals surface area contributed by atoms with E-state index in [-0.39, 0.29) is 17.2 Å². The number of benzene rings is 6. The molecule has 0 aliphatic rings. The molecule has 8 aromatic rings. The van der Waals surface area contributed by atoms with Crippen LogP contribution in [0, 0.1) is 0 Å². The second-order valence-corrected chi connectivity index (χ2v) is 11.9. The minimum absolute atomic E-state index is 0.135. The van der Waals surface area contributed by atoms with Crippen LogP contribution in [-0.2, 0) is 12.4 Å². The third kappa shape index (κ3) is 5.69. The molecular formula is C41H23F6NO. The Hall–Kier alpha value is -5.89. The van der Waals surface area contributed by atoms with Crippen LogP contribution in [0.15, 0.2) is 144 Å². The molecule has 0 aliphatic carbocycles. The summed E-state index contributed by atoms with van der Waals surface area (Å²) in [6.45, 7) is 0. The molecule has 0 radical (unpaired) electrons. The summed E-state index contributed by atoms with van der Waals surface area (Å²) in [5, 5.41) is 3.98. The highest BCUT2D eigenvalue weighted by atomic mass is 19.4. The van der Waals surface area contributed by atoms with Crippen LogP contribution in [0.4, 0.5) is 26.3 Å². The van der Waals surface area contributed by atoms with Gasteiger partial charge in [-0.25, -0.2) is 4.98 Å². The van der Waals surface area contributed by atoms with Gasteiger partial charge in [-0.15, -0.1) is 0 Å². The number of pyridine rings is 1. The monoisotopic (exact) mass is 659 g/mol. The van der Waals surface area contributed by atoms with Crippen molar-refractivity contribution in [1.29, 1.82) is 0 Å². The number of hydrogen-bond acceptors (Lipinski definition) is 2. The van der Waals surface area contributed by atoms with Gasteiger partial charge in [-0.05, 0) is 92.2 Å². The highest BCUT2D eigenvalue weighted by molar-refractivity contribution is 6.08. The summed E-state index contributed by atoms with van der Waals surface area (Å²) in [5.74, 6) is 0. The average Bonchev–Trinajstić information content (AvgIpc) is 3.49. The fourth-order valence-corrected chi connectivity index (χ4v) is 6.29. The molecule has 0 saturated heterocycles. The lowest BCUT2D eigenvalue weighted by molar-refractivity contribution is -0.143. The molecule has 0 amide bonds. The van der Waals surface area contributed by atoms with E-state index in [1.54, 1.807) is 18.3 Å². The number of alkyl halides is 6. The molecule has 49 heavy (non-hydrogen) atoms. The molecule has 8 heteroatoms. The minimum atomic E-state index is -4.91. The van der Waals surface area contributed by atoms with Gasteiger partial charge in [0.2, 0.25) is 5.71 Å². The molecule has 0 saturated carbocycles. The second-order valence-electron chi connectivity index (χ2n) is 11.9. The van der Waals surface area contributed by atoms with Gasteiger partial charge < -0.3 is 4.42 Å². The van der Waals surface area contributed by atoms with Crippen LogP contribution < -0.4 is 0 Å². The highest BCUT2D eigenvalue weighted by Crippen LogP contribution is 2.40. The molecule has 8 rings (SSSR count). The second kappa shape index (κ2) is 11.4. The summed E-state index contributed by atoms with van der Waals surface area (Å²) in [7, 11) is 0. The normalized spacial score (nSPS) is 12.3. The van der Waals surface area contributed by atoms with Gasteiger partial charge in [0.1, 0.15) is 5.58 Å². The molecule has 0 fully saturated rings. The first-order valence-corrected chi connectivity index (χ1v) is 15.3. The number of nitrogens with zero attached hydrogens (tertiary/aromatic N) is 1. The van der Waals surface area contributed by atoms with Crippen molar-refractivity contribution in [2.45, 2.75) is 12.4 Å². The third-order valence-corrected chi connectivity index (χ3v) is 8.78. The van der Waals surface area contributed by atoms with Crippen molar-refractivity contribution in [2.24, 2.45) is 0 Å². The maximum absolute atomic E-state index is 13.4. The van der Waals surface area contributed by atoms with E-state index in [1.165, 1.54) is 12.1 Å². The summed E-state index contributed by atoms with van der Waals surface area (Å²) in [5.41, 5.74) is 4.46. The van der Waals surface area contributed by atoms with Crippen LogP contribution in [0.1, 0.15) is 11.1 Å². The smallest absolute Gasteiger partial charge is 0.416 e.